The highest BCUT2D eigenvalue weighted by Gasteiger charge is 2.53. The fourth-order valence-electron chi connectivity index (χ4n) is 8.93. The number of aliphatic hydroxyl groups excluding tert-OH is 11. The molecule has 0 bridgehead atoms. The van der Waals surface area contributed by atoms with E-state index in [4.69, 9.17) is 28.4 Å². The van der Waals surface area contributed by atoms with Gasteiger partial charge in [-0.05, 0) is 44.9 Å². The molecule has 0 aliphatic carbocycles. The Bertz CT molecular complexity index is 1450. The van der Waals surface area contributed by atoms with E-state index in [9.17, 15) is 61.0 Å². The number of nitrogens with one attached hydrogen (secondary N) is 1. The van der Waals surface area contributed by atoms with Gasteiger partial charge in [0.25, 0.3) is 0 Å². The first kappa shape index (κ1) is 63.3. The van der Waals surface area contributed by atoms with E-state index < -0.39 is 124 Å². The van der Waals surface area contributed by atoms with Gasteiger partial charge in [-0.25, -0.2) is 0 Å². The van der Waals surface area contributed by atoms with Gasteiger partial charge in [-0.2, -0.15) is 0 Å². The maximum absolute atomic E-state index is 13.0. The van der Waals surface area contributed by atoms with Crippen molar-refractivity contribution in [1.29, 1.82) is 0 Å². The summed E-state index contributed by atoms with van der Waals surface area (Å²) in [5.41, 5.74) is 0. The minimum absolute atomic E-state index is 0.223. The molecule has 0 aromatic carbocycles. The molecule has 12 N–H and O–H groups in total. The highest BCUT2D eigenvalue weighted by Crippen LogP contribution is 2.33. The Morgan fingerprint density at radius 1 is 0.493 bits per heavy atom. The molecule has 3 fully saturated rings. The van der Waals surface area contributed by atoms with Crippen LogP contribution < -0.4 is 5.32 Å². The molecule has 71 heavy (non-hydrogen) atoms. The summed E-state index contributed by atoms with van der Waals surface area (Å²) in [5, 5.41) is 119. The number of allylic oxidation sites excluding steroid dienone is 5. The largest absolute Gasteiger partial charge is 0.394 e. The number of aliphatic hydroxyl groups is 11. The standard InChI is InChI=1S/C52H93NO18/c1-3-5-7-9-10-11-12-13-14-15-16-17-18-19-20-21-22-23-24-25-26-27-29-36(57)35(53-40(58)30-28-8-6-4-2)34-66-50-46(64)43(61)48(38(32-55)68-50)71-52-47(65)44(62)49(39(33-56)69-52)70-51-45(63)42(60)41(59)37(31-54)67-51/h19-20,23-24,27,29,35-39,41-52,54-57,59-65H,3-18,21-22,25-26,28,30-34H2,1-2H3,(H,53,58)/b20-19+,24-23+,29-27+. The molecule has 17 atom stereocenters. The molecule has 3 saturated heterocycles. The first-order chi connectivity index (χ1) is 34.3. The molecular weight excluding hydrogens is 927 g/mol. The lowest BCUT2D eigenvalue weighted by Crippen LogP contribution is -2.66. The summed E-state index contributed by atoms with van der Waals surface area (Å²) in [6.45, 7) is 1.52. The number of carbonyl (C=O) groups excluding carboxylic acids is 1. The van der Waals surface area contributed by atoms with Gasteiger partial charge in [0.15, 0.2) is 18.9 Å². The van der Waals surface area contributed by atoms with Gasteiger partial charge < -0.3 is 89.9 Å². The van der Waals surface area contributed by atoms with Crippen molar-refractivity contribution in [2.24, 2.45) is 0 Å². The van der Waals surface area contributed by atoms with Crippen LogP contribution in [-0.2, 0) is 33.2 Å². The van der Waals surface area contributed by atoms with Crippen molar-refractivity contribution < 1.29 is 89.4 Å². The Hall–Kier alpha value is -1.99. The fraction of sp³-hybridized carbons (Fsp3) is 0.865. The van der Waals surface area contributed by atoms with Crippen molar-refractivity contribution >= 4 is 5.91 Å². The monoisotopic (exact) mass is 1020 g/mol. The van der Waals surface area contributed by atoms with Crippen molar-refractivity contribution in [3.63, 3.8) is 0 Å². The summed E-state index contributed by atoms with van der Waals surface area (Å²) in [4.78, 5) is 13.0. The average Bonchev–Trinajstić information content (AvgIpc) is 3.37. The fourth-order valence-corrected chi connectivity index (χ4v) is 8.93. The van der Waals surface area contributed by atoms with Crippen molar-refractivity contribution in [2.45, 2.75) is 259 Å². The van der Waals surface area contributed by atoms with Gasteiger partial charge in [-0.15, -0.1) is 0 Å². The summed E-state index contributed by atoms with van der Waals surface area (Å²) in [6.07, 6.45) is 9.57. The Morgan fingerprint density at radius 3 is 1.41 bits per heavy atom. The maximum Gasteiger partial charge on any atom is 0.220 e. The van der Waals surface area contributed by atoms with E-state index in [1.165, 1.54) is 77.0 Å². The van der Waals surface area contributed by atoms with Crippen molar-refractivity contribution in [2.75, 3.05) is 26.4 Å². The summed E-state index contributed by atoms with van der Waals surface area (Å²) < 4.78 is 33.9. The summed E-state index contributed by atoms with van der Waals surface area (Å²) in [5.74, 6) is -0.310. The number of carbonyl (C=O) groups is 1. The number of rotatable bonds is 37. The van der Waals surface area contributed by atoms with Crippen LogP contribution in [0.3, 0.4) is 0 Å². The molecule has 19 nitrogen and oxygen atoms in total. The smallest absolute Gasteiger partial charge is 0.220 e. The zero-order chi connectivity index (χ0) is 52.0. The molecule has 3 aliphatic rings. The van der Waals surface area contributed by atoms with Gasteiger partial charge >= 0.3 is 0 Å². The van der Waals surface area contributed by atoms with E-state index >= 15 is 0 Å². The minimum atomic E-state index is -1.98. The van der Waals surface area contributed by atoms with Crippen LogP contribution in [0.5, 0.6) is 0 Å². The molecule has 0 aromatic rings. The second kappa shape index (κ2) is 36.9. The second-order valence-electron chi connectivity index (χ2n) is 19.3. The second-order valence-corrected chi connectivity index (χ2v) is 19.3. The van der Waals surface area contributed by atoms with Crippen molar-refractivity contribution in [1.82, 2.24) is 5.32 Å². The zero-order valence-corrected chi connectivity index (χ0v) is 42.4. The third kappa shape index (κ3) is 22.4. The molecule has 0 spiro atoms. The summed E-state index contributed by atoms with van der Waals surface area (Å²) in [7, 11) is 0. The van der Waals surface area contributed by atoms with Gasteiger partial charge in [0.2, 0.25) is 5.91 Å². The van der Waals surface area contributed by atoms with E-state index in [1.807, 2.05) is 6.08 Å². The predicted molar refractivity (Wildman–Crippen MR) is 263 cm³/mol. The molecule has 3 heterocycles. The first-order valence-corrected chi connectivity index (χ1v) is 26.7. The topological polar surface area (TPSA) is 307 Å². The molecule has 3 rings (SSSR count). The number of hydrogen-bond acceptors (Lipinski definition) is 18. The first-order valence-electron chi connectivity index (χ1n) is 26.7. The van der Waals surface area contributed by atoms with Crippen LogP contribution >= 0.6 is 0 Å². The van der Waals surface area contributed by atoms with E-state index in [0.717, 1.165) is 44.9 Å². The maximum atomic E-state index is 13.0. The molecule has 3 aliphatic heterocycles. The third-order valence-corrected chi connectivity index (χ3v) is 13.4. The molecule has 0 aromatic heterocycles. The van der Waals surface area contributed by atoms with Crippen LogP contribution in [0.4, 0.5) is 0 Å². The van der Waals surface area contributed by atoms with Gasteiger partial charge in [0.05, 0.1) is 38.6 Å². The van der Waals surface area contributed by atoms with Gasteiger partial charge in [-0.1, -0.05) is 140 Å². The molecular formula is C52H93NO18. The summed E-state index contributed by atoms with van der Waals surface area (Å²) >= 11 is 0. The third-order valence-electron chi connectivity index (χ3n) is 13.4. The van der Waals surface area contributed by atoms with Gasteiger partial charge in [0, 0.05) is 6.42 Å². The Balaban J connectivity index is 1.47. The Labute approximate surface area is 421 Å². The highest BCUT2D eigenvalue weighted by atomic mass is 16.8. The van der Waals surface area contributed by atoms with E-state index in [0.29, 0.717) is 12.8 Å². The van der Waals surface area contributed by atoms with Crippen LogP contribution in [0.2, 0.25) is 0 Å². The van der Waals surface area contributed by atoms with Crippen molar-refractivity contribution in [3.05, 3.63) is 36.5 Å². The van der Waals surface area contributed by atoms with Crippen LogP contribution in [0.1, 0.15) is 155 Å². The minimum Gasteiger partial charge on any atom is -0.394 e. The van der Waals surface area contributed by atoms with E-state index in [2.05, 4.69) is 43.5 Å². The van der Waals surface area contributed by atoms with Crippen molar-refractivity contribution in [3.8, 4) is 0 Å². The summed E-state index contributed by atoms with van der Waals surface area (Å²) in [6, 6.07) is -0.988. The lowest BCUT2D eigenvalue weighted by Gasteiger charge is -2.48. The zero-order valence-electron chi connectivity index (χ0n) is 42.4. The molecule has 414 valence electrons. The lowest BCUT2D eigenvalue weighted by molar-refractivity contribution is -0.379. The number of amides is 1. The SMILES string of the molecule is CCCCCCCCCCCCCC/C=C/CC/C=C/CC/C=C/C(O)C(COC1OC(CO)C(OC2OC(CO)C(OC3OC(CO)C(O)C(O)C3O)C(O)C2O)C(O)C1O)NC(=O)CCCCCC. The molecule has 1 amide bonds. The predicted octanol–water partition coefficient (Wildman–Crippen LogP) is 2.59. The van der Waals surface area contributed by atoms with E-state index in [1.54, 1.807) is 6.08 Å². The van der Waals surface area contributed by atoms with E-state index in [-0.39, 0.29) is 18.9 Å². The Morgan fingerprint density at radius 2 is 0.901 bits per heavy atom. The normalized spacial score (nSPS) is 32.5. The quantitative estimate of drug-likeness (QED) is 0.0314. The molecule has 0 saturated carbocycles. The van der Waals surface area contributed by atoms with Crippen LogP contribution in [-0.4, -0.2) is 193 Å². The van der Waals surface area contributed by atoms with Gasteiger partial charge in [-0.3, -0.25) is 4.79 Å². The van der Waals surface area contributed by atoms with Crippen LogP contribution in [0.25, 0.3) is 0 Å². The number of ether oxygens (including phenoxy) is 6. The average molecular weight is 1020 g/mol. The number of hydrogen-bond donors (Lipinski definition) is 12. The molecule has 17 unspecified atom stereocenters. The van der Waals surface area contributed by atoms with Crippen LogP contribution in [0, 0.1) is 0 Å². The molecule has 19 heteroatoms. The van der Waals surface area contributed by atoms with Crippen LogP contribution in [0.15, 0.2) is 36.5 Å². The molecule has 0 radical (unpaired) electrons. The lowest BCUT2D eigenvalue weighted by atomic mass is 9.96. The van der Waals surface area contributed by atoms with Gasteiger partial charge in [0.1, 0.15) is 73.2 Å². The Kier molecular flexibility index (Phi) is 32.9. The number of unbranched alkanes of at least 4 members (excludes halogenated alkanes) is 17. The highest BCUT2D eigenvalue weighted by molar-refractivity contribution is 5.76.